The first-order chi connectivity index (χ1) is 6.10. The Labute approximate surface area is 82.8 Å². The van der Waals surface area contributed by atoms with Crippen LogP contribution in [0.2, 0.25) is 0 Å². The minimum atomic E-state index is 0.314. The SMILES string of the molecule is CCC(CC)(CN)CCOC(C)C. The van der Waals surface area contributed by atoms with Crippen LogP contribution >= 0.6 is 0 Å². The molecular formula is C11H25NO. The maximum atomic E-state index is 5.79. The normalized spacial score (nSPS) is 12.5. The largest absolute Gasteiger partial charge is 0.379 e. The number of nitrogens with two attached hydrogens (primary N) is 1. The number of hydrogen-bond donors (Lipinski definition) is 1. The Kier molecular flexibility index (Phi) is 6.35. The lowest BCUT2D eigenvalue weighted by atomic mass is 9.80. The third-order valence-corrected chi connectivity index (χ3v) is 3.02. The topological polar surface area (TPSA) is 35.2 Å². The second-order valence-corrected chi connectivity index (χ2v) is 4.08. The van der Waals surface area contributed by atoms with Crippen molar-refractivity contribution in [2.45, 2.75) is 53.1 Å². The fraction of sp³-hybridized carbons (Fsp3) is 1.00. The molecule has 0 atom stereocenters. The van der Waals surface area contributed by atoms with E-state index in [9.17, 15) is 0 Å². The van der Waals surface area contributed by atoms with E-state index in [0.717, 1.165) is 32.4 Å². The highest BCUT2D eigenvalue weighted by Crippen LogP contribution is 2.29. The van der Waals surface area contributed by atoms with Crippen LogP contribution in [0.15, 0.2) is 0 Å². The molecule has 0 aromatic rings. The molecule has 2 heteroatoms. The molecule has 0 fully saturated rings. The van der Waals surface area contributed by atoms with Gasteiger partial charge >= 0.3 is 0 Å². The van der Waals surface area contributed by atoms with Gasteiger partial charge in [0.1, 0.15) is 0 Å². The zero-order chi connectivity index (χ0) is 10.3. The third kappa shape index (κ3) is 4.63. The Hall–Kier alpha value is -0.0800. The molecule has 0 rings (SSSR count). The van der Waals surface area contributed by atoms with E-state index in [1.807, 2.05) is 0 Å². The average Bonchev–Trinajstić information content (AvgIpc) is 2.13. The van der Waals surface area contributed by atoms with Crippen LogP contribution in [0.4, 0.5) is 0 Å². The number of hydrogen-bond acceptors (Lipinski definition) is 2. The minimum absolute atomic E-state index is 0.314. The van der Waals surface area contributed by atoms with Crippen molar-refractivity contribution in [2.24, 2.45) is 11.1 Å². The molecule has 0 aliphatic carbocycles. The van der Waals surface area contributed by atoms with E-state index in [1.54, 1.807) is 0 Å². The molecule has 80 valence electrons. The number of ether oxygens (including phenoxy) is 1. The van der Waals surface area contributed by atoms with Crippen LogP contribution in [0.5, 0.6) is 0 Å². The molecule has 0 aromatic heterocycles. The van der Waals surface area contributed by atoms with E-state index in [-0.39, 0.29) is 0 Å². The molecule has 2 nitrogen and oxygen atoms in total. The molecule has 0 saturated heterocycles. The molecule has 0 unspecified atom stereocenters. The second kappa shape index (κ2) is 6.39. The van der Waals surface area contributed by atoms with Gasteiger partial charge in [-0.2, -0.15) is 0 Å². The summed E-state index contributed by atoms with van der Waals surface area (Å²) >= 11 is 0. The lowest BCUT2D eigenvalue weighted by molar-refractivity contribution is 0.0499. The lowest BCUT2D eigenvalue weighted by Crippen LogP contribution is -2.31. The Morgan fingerprint density at radius 2 is 1.77 bits per heavy atom. The van der Waals surface area contributed by atoms with Gasteiger partial charge in [-0.3, -0.25) is 0 Å². The second-order valence-electron chi connectivity index (χ2n) is 4.08. The van der Waals surface area contributed by atoms with Gasteiger partial charge in [0.15, 0.2) is 0 Å². The van der Waals surface area contributed by atoms with Crippen molar-refractivity contribution in [2.75, 3.05) is 13.2 Å². The van der Waals surface area contributed by atoms with Crippen LogP contribution in [0.25, 0.3) is 0 Å². The zero-order valence-corrected chi connectivity index (χ0v) is 9.60. The molecule has 0 aliphatic heterocycles. The van der Waals surface area contributed by atoms with E-state index >= 15 is 0 Å². The summed E-state index contributed by atoms with van der Waals surface area (Å²) in [4.78, 5) is 0. The molecule has 0 amide bonds. The molecule has 0 spiro atoms. The highest BCUT2D eigenvalue weighted by atomic mass is 16.5. The summed E-state index contributed by atoms with van der Waals surface area (Å²) in [6, 6.07) is 0. The predicted octanol–water partition coefficient (Wildman–Crippen LogP) is 2.57. The van der Waals surface area contributed by atoms with Gasteiger partial charge in [-0.25, -0.2) is 0 Å². The van der Waals surface area contributed by atoms with Crippen LogP contribution in [-0.4, -0.2) is 19.3 Å². The fourth-order valence-electron chi connectivity index (χ4n) is 1.51. The number of rotatable bonds is 7. The predicted molar refractivity (Wildman–Crippen MR) is 57.8 cm³/mol. The molecule has 0 bridgehead atoms. The summed E-state index contributed by atoms with van der Waals surface area (Å²) in [6.45, 7) is 10.2. The van der Waals surface area contributed by atoms with Gasteiger partial charge in [0.25, 0.3) is 0 Å². The van der Waals surface area contributed by atoms with Crippen LogP contribution < -0.4 is 5.73 Å². The van der Waals surface area contributed by atoms with Crippen molar-refractivity contribution in [1.29, 1.82) is 0 Å². The van der Waals surface area contributed by atoms with E-state index in [4.69, 9.17) is 10.5 Å². The van der Waals surface area contributed by atoms with E-state index in [0.29, 0.717) is 11.5 Å². The third-order valence-electron chi connectivity index (χ3n) is 3.02. The molecule has 13 heavy (non-hydrogen) atoms. The van der Waals surface area contributed by atoms with Gasteiger partial charge in [0.2, 0.25) is 0 Å². The van der Waals surface area contributed by atoms with E-state index < -0.39 is 0 Å². The Balaban J connectivity index is 3.81. The molecule has 0 radical (unpaired) electrons. The first-order valence-electron chi connectivity index (χ1n) is 5.42. The van der Waals surface area contributed by atoms with Crippen molar-refractivity contribution in [3.8, 4) is 0 Å². The Morgan fingerprint density at radius 3 is 2.08 bits per heavy atom. The van der Waals surface area contributed by atoms with Gasteiger partial charge < -0.3 is 10.5 Å². The summed E-state index contributed by atoms with van der Waals surface area (Å²) in [5.41, 5.74) is 6.10. The van der Waals surface area contributed by atoms with Crippen molar-refractivity contribution >= 4 is 0 Å². The van der Waals surface area contributed by atoms with Crippen LogP contribution in [0.3, 0.4) is 0 Å². The molecule has 2 N–H and O–H groups in total. The maximum Gasteiger partial charge on any atom is 0.0518 e. The highest BCUT2D eigenvalue weighted by Gasteiger charge is 2.23. The summed E-state index contributed by atoms with van der Waals surface area (Å²) in [5, 5.41) is 0. The zero-order valence-electron chi connectivity index (χ0n) is 9.60. The van der Waals surface area contributed by atoms with Gasteiger partial charge in [0, 0.05) is 6.61 Å². The molecule has 0 saturated carbocycles. The lowest BCUT2D eigenvalue weighted by Gasteiger charge is -2.30. The van der Waals surface area contributed by atoms with E-state index in [2.05, 4.69) is 27.7 Å². The summed E-state index contributed by atoms with van der Waals surface area (Å²) in [7, 11) is 0. The Bertz CT molecular complexity index is 111. The first kappa shape index (κ1) is 12.9. The summed E-state index contributed by atoms with van der Waals surface area (Å²) in [6.07, 6.45) is 3.74. The van der Waals surface area contributed by atoms with Crippen molar-refractivity contribution < 1.29 is 4.74 Å². The fourth-order valence-corrected chi connectivity index (χ4v) is 1.51. The molecule has 0 aromatic carbocycles. The maximum absolute atomic E-state index is 5.79. The van der Waals surface area contributed by atoms with Gasteiger partial charge in [-0.1, -0.05) is 13.8 Å². The van der Waals surface area contributed by atoms with Gasteiger partial charge in [-0.05, 0) is 45.1 Å². The van der Waals surface area contributed by atoms with Gasteiger partial charge in [0.05, 0.1) is 6.10 Å². The molecule has 0 aliphatic rings. The molecular weight excluding hydrogens is 162 g/mol. The van der Waals surface area contributed by atoms with Crippen LogP contribution in [0.1, 0.15) is 47.0 Å². The highest BCUT2D eigenvalue weighted by molar-refractivity contribution is 4.77. The average molecular weight is 187 g/mol. The monoisotopic (exact) mass is 187 g/mol. The molecule has 0 heterocycles. The van der Waals surface area contributed by atoms with Crippen molar-refractivity contribution in [3.05, 3.63) is 0 Å². The van der Waals surface area contributed by atoms with Crippen molar-refractivity contribution in [1.82, 2.24) is 0 Å². The first-order valence-corrected chi connectivity index (χ1v) is 5.42. The van der Waals surface area contributed by atoms with Crippen LogP contribution in [-0.2, 0) is 4.74 Å². The van der Waals surface area contributed by atoms with Crippen molar-refractivity contribution in [3.63, 3.8) is 0 Å². The quantitative estimate of drug-likeness (QED) is 0.665. The summed E-state index contributed by atoms with van der Waals surface area (Å²) in [5.74, 6) is 0. The van der Waals surface area contributed by atoms with E-state index in [1.165, 1.54) is 0 Å². The summed E-state index contributed by atoms with van der Waals surface area (Å²) < 4.78 is 5.55. The minimum Gasteiger partial charge on any atom is -0.379 e. The van der Waals surface area contributed by atoms with Crippen LogP contribution in [0, 0.1) is 5.41 Å². The standard InChI is InChI=1S/C11H25NO/c1-5-11(6-2,9-12)7-8-13-10(3)4/h10H,5-9,12H2,1-4H3. The smallest absolute Gasteiger partial charge is 0.0518 e. The van der Waals surface area contributed by atoms with Gasteiger partial charge in [-0.15, -0.1) is 0 Å². The Morgan fingerprint density at radius 1 is 1.23 bits per heavy atom.